The van der Waals surface area contributed by atoms with Gasteiger partial charge in [0.15, 0.2) is 4.77 Å². The molecule has 0 fully saturated rings. The highest BCUT2D eigenvalue weighted by atomic mass is 32.1. The van der Waals surface area contributed by atoms with Crippen LogP contribution in [0.5, 0.6) is 0 Å². The molecule has 3 rings (SSSR count). The van der Waals surface area contributed by atoms with Crippen LogP contribution in [0.15, 0.2) is 36.4 Å². The summed E-state index contributed by atoms with van der Waals surface area (Å²) in [6.45, 7) is 0. The van der Waals surface area contributed by atoms with Crippen LogP contribution in [-0.2, 0) is 0 Å². The third-order valence-corrected chi connectivity index (χ3v) is 3.08. The fraction of sp³-hybridized carbons (Fsp3) is 0. The minimum Gasteiger partial charge on any atom is -0.330 e. The van der Waals surface area contributed by atoms with E-state index in [0.717, 1.165) is 12.1 Å². The SMILES string of the molecule is Fc1ccc(-n2c(=S)[nH]c3cc(F)ccc32)c(F)c1. The number of rotatable bonds is 1. The highest BCUT2D eigenvalue weighted by Crippen LogP contribution is 2.22. The van der Waals surface area contributed by atoms with Gasteiger partial charge in [-0.2, -0.15) is 0 Å². The molecular formula is C13H7F3N2S. The maximum absolute atomic E-state index is 13.8. The van der Waals surface area contributed by atoms with E-state index in [-0.39, 0.29) is 10.5 Å². The van der Waals surface area contributed by atoms with Gasteiger partial charge in [-0.1, -0.05) is 0 Å². The Labute approximate surface area is 111 Å². The molecule has 0 aliphatic heterocycles. The fourth-order valence-electron chi connectivity index (χ4n) is 1.99. The molecule has 0 bridgehead atoms. The lowest BCUT2D eigenvalue weighted by atomic mass is 10.2. The van der Waals surface area contributed by atoms with E-state index in [2.05, 4.69) is 4.98 Å². The number of nitrogens with zero attached hydrogens (tertiary/aromatic N) is 1. The summed E-state index contributed by atoms with van der Waals surface area (Å²) in [5.41, 5.74) is 1.09. The predicted molar refractivity (Wildman–Crippen MR) is 68.3 cm³/mol. The minimum absolute atomic E-state index is 0.115. The number of benzene rings is 2. The Hall–Kier alpha value is -2.08. The number of hydrogen-bond donors (Lipinski definition) is 1. The van der Waals surface area contributed by atoms with Crippen molar-refractivity contribution in [3.05, 3.63) is 58.6 Å². The smallest absolute Gasteiger partial charge is 0.182 e. The molecule has 0 radical (unpaired) electrons. The van der Waals surface area contributed by atoms with Gasteiger partial charge in [0, 0.05) is 6.07 Å². The third kappa shape index (κ3) is 1.94. The Morgan fingerprint density at radius 1 is 0.947 bits per heavy atom. The first-order chi connectivity index (χ1) is 9.06. The fourth-order valence-corrected chi connectivity index (χ4v) is 2.29. The van der Waals surface area contributed by atoms with Crippen molar-refractivity contribution in [2.75, 3.05) is 0 Å². The molecule has 2 nitrogen and oxygen atoms in total. The van der Waals surface area contributed by atoms with Gasteiger partial charge in [-0.05, 0) is 42.5 Å². The minimum atomic E-state index is -0.735. The van der Waals surface area contributed by atoms with Crippen molar-refractivity contribution < 1.29 is 13.2 Å². The summed E-state index contributed by atoms with van der Waals surface area (Å²) in [5, 5.41) is 0. The first kappa shape index (κ1) is 12.0. The maximum Gasteiger partial charge on any atom is 0.182 e. The largest absolute Gasteiger partial charge is 0.330 e. The number of H-pyrrole nitrogens is 1. The molecule has 3 aromatic rings. The lowest BCUT2D eigenvalue weighted by molar-refractivity contribution is 0.578. The number of fused-ring (bicyclic) bond motifs is 1. The zero-order chi connectivity index (χ0) is 13.6. The molecule has 1 N–H and O–H groups in total. The normalized spacial score (nSPS) is 11.1. The molecule has 1 aromatic heterocycles. The summed E-state index contributed by atoms with van der Waals surface area (Å²) >= 11 is 5.10. The molecule has 0 unspecified atom stereocenters. The molecule has 0 saturated carbocycles. The van der Waals surface area contributed by atoms with E-state index >= 15 is 0 Å². The van der Waals surface area contributed by atoms with Gasteiger partial charge in [-0.25, -0.2) is 13.2 Å². The lowest BCUT2D eigenvalue weighted by Crippen LogP contribution is -1.98. The van der Waals surface area contributed by atoms with Gasteiger partial charge in [-0.15, -0.1) is 0 Å². The first-order valence-electron chi connectivity index (χ1n) is 5.42. The van der Waals surface area contributed by atoms with Crippen LogP contribution in [0.3, 0.4) is 0 Å². The van der Waals surface area contributed by atoms with Crippen LogP contribution in [0.4, 0.5) is 13.2 Å². The van der Waals surface area contributed by atoms with Crippen LogP contribution in [-0.4, -0.2) is 9.55 Å². The lowest BCUT2D eigenvalue weighted by Gasteiger charge is -2.06. The Morgan fingerprint density at radius 3 is 2.37 bits per heavy atom. The van der Waals surface area contributed by atoms with Gasteiger partial charge < -0.3 is 4.98 Å². The van der Waals surface area contributed by atoms with E-state index in [9.17, 15) is 13.2 Å². The van der Waals surface area contributed by atoms with Gasteiger partial charge in [-0.3, -0.25) is 4.57 Å². The summed E-state index contributed by atoms with van der Waals surface area (Å²) in [5.74, 6) is -1.82. The third-order valence-electron chi connectivity index (χ3n) is 2.79. The molecule has 0 aliphatic rings. The molecule has 0 atom stereocenters. The number of halogens is 3. The molecule has 96 valence electrons. The van der Waals surface area contributed by atoms with Crippen molar-refractivity contribution in [3.63, 3.8) is 0 Å². The van der Waals surface area contributed by atoms with Crippen molar-refractivity contribution in [1.29, 1.82) is 0 Å². The molecule has 0 amide bonds. The molecule has 6 heteroatoms. The van der Waals surface area contributed by atoms with E-state index in [1.54, 1.807) is 0 Å². The van der Waals surface area contributed by atoms with Crippen molar-refractivity contribution in [3.8, 4) is 5.69 Å². The second-order valence-corrected chi connectivity index (χ2v) is 4.41. The first-order valence-corrected chi connectivity index (χ1v) is 5.83. The second-order valence-electron chi connectivity index (χ2n) is 4.02. The van der Waals surface area contributed by atoms with Crippen LogP contribution in [0.1, 0.15) is 0 Å². The van der Waals surface area contributed by atoms with Crippen LogP contribution in [0.2, 0.25) is 0 Å². The van der Waals surface area contributed by atoms with Crippen LogP contribution in [0.25, 0.3) is 16.7 Å². The maximum atomic E-state index is 13.8. The zero-order valence-corrected chi connectivity index (χ0v) is 10.3. The molecule has 2 aromatic carbocycles. The average molecular weight is 280 g/mol. The Balaban J connectivity index is 2.36. The summed E-state index contributed by atoms with van der Waals surface area (Å²) in [6.07, 6.45) is 0. The number of imidazole rings is 1. The molecule has 0 saturated heterocycles. The predicted octanol–water partition coefficient (Wildman–Crippen LogP) is 4.11. The second kappa shape index (κ2) is 4.24. The Morgan fingerprint density at radius 2 is 1.63 bits per heavy atom. The number of nitrogens with one attached hydrogen (secondary N) is 1. The van der Waals surface area contributed by atoms with Gasteiger partial charge in [0.25, 0.3) is 0 Å². The van der Waals surface area contributed by atoms with Crippen LogP contribution < -0.4 is 0 Å². The summed E-state index contributed by atoms with van der Waals surface area (Å²) < 4.78 is 41.5. The average Bonchev–Trinajstić information content (AvgIpc) is 2.65. The van der Waals surface area contributed by atoms with Crippen molar-refractivity contribution in [2.24, 2.45) is 0 Å². The Kier molecular flexibility index (Phi) is 2.67. The van der Waals surface area contributed by atoms with E-state index in [4.69, 9.17) is 12.2 Å². The monoisotopic (exact) mass is 280 g/mol. The standard InChI is InChI=1S/C13H7F3N2S/c14-7-1-3-11(9(16)5-7)18-12-4-2-8(15)6-10(12)17-13(18)19/h1-6H,(H,17,19). The quantitative estimate of drug-likeness (QED) is 0.665. The van der Waals surface area contributed by atoms with Gasteiger partial charge in [0.05, 0.1) is 16.7 Å². The number of aromatic amines is 1. The van der Waals surface area contributed by atoms with Gasteiger partial charge >= 0.3 is 0 Å². The molecule has 0 aliphatic carbocycles. The number of hydrogen-bond acceptors (Lipinski definition) is 1. The number of aromatic nitrogens is 2. The van der Waals surface area contributed by atoms with Gasteiger partial charge in [0.2, 0.25) is 0 Å². The van der Waals surface area contributed by atoms with E-state index < -0.39 is 17.5 Å². The van der Waals surface area contributed by atoms with Gasteiger partial charge in [0.1, 0.15) is 17.5 Å². The Bertz CT molecular complexity index is 836. The van der Waals surface area contributed by atoms with E-state index in [0.29, 0.717) is 11.0 Å². The van der Waals surface area contributed by atoms with Crippen molar-refractivity contribution >= 4 is 23.3 Å². The topological polar surface area (TPSA) is 20.7 Å². The van der Waals surface area contributed by atoms with Crippen molar-refractivity contribution in [2.45, 2.75) is 0 Å². The highest BCUT2D eigenvalue weighted by molar-refractivity contribution is 7.71. The summed E-state index contributed by atoms with van der Waals surface area (Å²) in [7, 11) is 0. The van der Waals surface area contributed by atoms with Crippen LogP contribution in [0, 0.1) is 22.2 Å². The van der Waals surface area contributed by atoms with Crippen molar-refractivity contribution in [1.82, 2.24) is 9.55 Å². The van der Waals surface area contributed by atoms with E-state index in [1.807, 2.05) is 0 Å². The van der Waals surface area contributed by atoms with Crippen LogP contribution >= 0.6 is 12.2 Å². The summed E-state index contributed by atoms with van der Waals surface area (Å²) in [4.78, 5) is 2.79. The molecule has 1 heterocycles. The zero-order valence-electron chi connectivity index (χ0n) is 9.45. The summed E-state index contributed by atoms with van der Waals surface area (Å²) in [6, 6.07) is 7.21. The molecular weight excluding hydrogens is 273 g/mol. The molecule has 0 spiro atoms. The molecule has 19 heavy (non-hydrogen) atoms. The highest BCUT2D eigenvalue weighted by Gasteiger charge is 2.11. The van der Waals surface area contributed by atoms with E-state index in [1.165, 1.54) is 28.8 Å².